The van der Waals surface area contributed by atoms with Gasteiger partial charge in [0.1, 0.15) is 17.4 Å². The average Bonchev–Trinajstić information content (AvgIpc) is 3.28. The van der Waals surface area contributed by atoms with E-state index in [2.05, 4.69) is 34.2 Å². The molecule has 4 atom stereocenters. The quantitative estimate of drug-likeness (QED) is 0.723. The Morgan fingerprint density at radius 1 is 1.41 bits per heavy atom. The lowest BCUT2D eigenvalue weighted by Crippen LogP contribution is -2.54. The number of aliphatic imine (C=N–C) groups is 1. The Bertz CT molecular complexity index is 841. The van der Waals surface area contributed by atoms with E-state index < -0.39 is 0 Å². The smallest absolute Gasteiger partial charge is 0.226 e. The number of halogens is 1. The molecule has 1 amide bonds. The van der Waals surface area contributed by atoms with Crippen LogP contribution < -0.4 is 15.8 Å². The van der Waals surface area contributed by atoms with E-state index in [-0.39, 0.29) is 34.9 Å². The van der Waals surface area contributed by atoms with Gasteiger partial charge in [0.05, 0.1) is 0 Å². The van der Waals surface area contributed by atoms with Gasteiger partial charge in [-0.2, -0.15) is 0 Å². The summed E-state index contributed by atoms with van der Waals surface area (Å²) in [7, 11) is 0. The number of benzene rings is 1. The van der Waals surface area contributed by atoms with Crippen molar-refractivity contribution in [1.29, 1.82) is 0 Å². The Morgan fingerprint density at radius 3 is 2.93 bits per heavy atom. The highest BCUT2D eigenvalue weighted by atomic mass is 79.9. The lowest BCUT2D eigenvalue weighted by Gasteiger charge is -2.48. The number of ether oxygens (including phenoxy) is 1. The van der Waals surface area contributed by atoms with Crippen LogP contribution in [0.3, 0.4) is 0 Å². The minimum Gasteiger partial charge on any atom is -0.490 e. The first-order chi connectivity index (χ1) is 12.9. The molecule has 2 fully saturated rings. The summed E-state index contributed by atoms with van der Waals surface area (Å²) < 4.78 is 7.42. The number of thioether (sulfide) groups is 1. The van der Waals surface area contributed by atoms with Crippen molar-refractivity contribution in [2.24, 2.45) is 22.1 Å². The molecular weight excluding hydrogens is 426 g/mol. The SMILES string of the molecule is CC1(C(=O)NC2CCC3Oc4ccc(Br)cc4C4(CSC(N)=N4)C3C2)CC1. The molecule has 2 aliphatic heterocycles. The second-order valence-electron chi connectivity index (χ2n) is 8.61. The highest BCUT2D eigenvalue weighted by Crippen LogP contribution is 2.55. The lowest BCUT2D eigenvalue weighted by atomic mass is 9.67. The van der Waals surface area contributed by atoms with Crippen LogP contribution in [0.1, 0.15) is 44.6 Å². The normalized spacial score (nSPS) is 35.6. The molecule has 27 heavy (non-hydrogen) atoms. The van der Waals surface area contributed by atoms with Crippen molar-refractivity contribution >= 4 is 38.8 Å². The standard InChI is InChI=1S/C20H24BrN3O2S/c1-19(6-7-19)17(25)23-12-3-5-16-14(9-12)20(10-27-18(22)24-20)13-8-11(21)2-4-15(13)26-16/h2,4,8,12,14,16H,3,5-7,9-10H2,1H3,(H2,22,24)(H,23,25). The molecule has 2 heterocycles. The van der Waals surface area contributed by atoms with Gasteiger partial charge in [0.2, 0.25) is 5.91 Å². The largest absolute Gasteiger partial charge is 0.490 e. The average molecular weight is 450 g/mol. The number of carbonyl (C=O) groups excluding carboxylic acids is 1. The molecule has 1 aromatic carbocycles. The third-order valence-corrected chi connectivity index (χ3v) is 8.18. The van der Waals surface area contributed by atoms with Crippen LogP contribution in [0.2, 0.25) is 0 Å². The van der Waals surface area contributed by atoms with Crippen molar-refractivity contribution in [3.05, 3.63) is 28.2 Å². The minimum atomic E-state index is -0.357. The van der Waals surface area contributed by atoms with Crippen molar-refractivity contribution < 1.29 is 9.53 Å². The van der Waals surface area contributed by atoms with Crippen molar-refractivity contribution in [3.8, 4) is 5.75 Å². The number of nitrogens with one attached hydrogen (secondary N) is 1. The van der Waals surface area contributed by atoms with E-state index in [0.29, 0.717) is 5.17 Å². The van der Waals surface area contributed by atoms with Crippen molar-refractivity contribution in [2.75, 3.05) is 5.75 Å². The summed E-state index contributed by atoms with van der Waals surface area (Å²) in [5.74, 6) is 2.19. The molecule has 0 aromatic heterocycles. The summed E-state index contributed by atoms with van der Waals surface area (Å²) in [6.45, 7) is 2.06. The monoisotopic (exact) mass is 449 g/mol. The van der Waals surface area contributed by atoms with Gasteiger partial charge in [0.15, 0.2) is 5.17 Å². The number of amidine groups is 1. The zero-order chi connectivity index (χ0) is 18.8. The second kappa shape index (κ2) is 6.14. The molecule has 5 nitrogen and oxygen atoms in total. The predicted molar refractivity (Wildman–Crippen MR) is 111 cm³/mol. The van der Waals surface area contributed by atoms with Gasteiger partial charge in [0.25, 0.3) is 0 Å². The summed E-state index contributed by atoms with van der Waals surface area (Å²) in [5.41, 5.74) is 6.75. The fraction of sp³-hybridized carbons (Fsp3) is 0.600. The molecule has 7 heteroatoms. The van der Waals surface area contributed by atoms with Gasteiger partial charge >= 0.3 is 0 Å². The van der Waals surface area contributed by atoms with Crippen molar-refractivity contribution in [3.63, 3.8) is 0 Å². The zero-order valence-electron chi connectivity index (χ0n) is 15.3. The Kier molecular flexibility index (Phi) is 4.06. The number of hydrogen-bond donors (Lipinski definition) is 2. The first kappa shape index (κ1) is 17.9. The summed E-state index contributed by atoms with van der Waals surface area (Å²) in [6, 6.07) is 6.37. The third-order valence-electron chi connectivity index (χ3n) is 6.72. The van der Waals surface area contributed by atoms with Crippen molar-refractivity contribution in [1.82, 2.24) is 5.32 Å². The molecule has 1 aromatic rings. The van der Waals surface area contributed by atoms with Crippen LogP contribution in [0.15, 0.2) is 27.7 Å². The van der Waals surface area contributed by atoms with Gasteiger partial charge in [-0.05, 0) is 50.3 Å². The van der Waals surface area contributed by atoms with E-state index in [1.807, 2.05) is 12.1 Å². The van der Waals surface area contributed by atoms with Crippen molar-refractivity contribution in [2.45, 2.75) is 56.7 Å². The molecule has 0 bridgehead atoms. The molecular formula is C20H24BrN3O2S. The Hall–Kier alpha value is -1.21. The van der Waals surface area contributed by atoms with Crippen LogP contribution in [-0.2, 0) is 10.3 Å². The lowest BCUT2D eigenvalue weighted by molar-refractivity contribution is -0.127. The number of nitrogens with zero attached hydrogens (tertiary/aromatic N) is 1. The molecule has 4 unspecified atom stereocenters. The number of nitrogens with two attached hydrogens (primary N) is 1. The summed E-state index contributed by atoms with van der Waals surface area (Å²) >= 11 is 5.23. The maximum atomic E-state index is 12.6. The first-order valence-corrected chi connectivity index (χ1v) is 11.4. The minimum absolute atomic E-state index is 0.124. The topological polar surface area (TPSA) is 76.7 Å². The van der Waals surface area contributed by atoms with Gasteiger partial charge < -0.3 is 15.8 Å². The van der Waals surface area contributed by atoms with Crippen LogP contribution in [0.5, 0.6) is 5.75 Å². The zero-order valence-corrected chi connectivity index (χ0v) is 17.7. The molecule has 5 rings (SSSR count). The molecule has 2 aliphatic carbocycles. The maximum absolute atomic E-state index is 12.6. The van der Waals surface area contributed by atoms with Crippen LogP contribution in [0.25, 0.3) is 0 Å². The summed E-state index contributed by atoms with van der Waals surface area (Å²) in [5, 5.41) is 3.97. The Morgan fingerprint density at radius 2 is 2.22 bits per heavy atom. The van der Waals surface area contributed by atoms with Crippen LogP contribution >= 0.6 is 27.7 Å². The molecule has 2 saturated carbocycles. The number of rotatable bonds is 2. The van der Waals surface area contributed by atoms with Gasteiger partial charge in [-0.3, -0.25) is 4.79 Å². The number of amides is 1. The fourth-order valence-electron chi connectivity index (χ4n) is 4.77. The Labute approximate surface area is 172 Å². The molecule has 0 radical (unpaired) electrons. The third kappa shape index (κ3) is 2.89. The summed E-state index contributed by atoms with van der Waals surface area (Å²) in [4.78, 5) is 17.5. The number of fused-ring (bicyclic) bond motifs is 4. The van der Waals surface area contributed by atoms with E-state index in [4.69, 9.17) is 15.5 Å². The molecule has 4 aliphatic rings. The summed E-state index contributed by atoms with van der Waals surface area (Å²) in [6.07, 6.45) is 4.91. The molecule has 1 spiro atoms. The van der Waals surface area contributed by atoms with Crippen LogP contribution in [-0.4, -0.2) is 29.0 Å². The van der Waals surface area contributed by atoms with E-state index in [1.165, 1.54) is 0 Å². The van der Waals surface area contributed by atoms with Gasteiger partial charge in [-0.1, -0.05) is 34.6 Å². The number of hydrogen-bond acceptors (Lipinski definition) is 5. The van der Waals surface area contributed by atoms with E-state index in [0.717, 1.165) is 53.6 Å². The Balaban J connectivity index is 1.47. The second-order valence-corrected chi connectivity index (χ2v) is 10.5. The molecule has 3 N–H and O–H groups in total. The highest BCUT2D eigenvalue weighted by molar-refractivity contribution is 9.10. The van der Waals surface area contributed by atoms with E-state index >= 15 is 0 Å². The maximum Gasteiger partial charge on any atom is 0.226 e. The number of carbonyl (C=O) groups is 1. The van der Waals surface area contributed by atoms with Crippen LogP contribution in [0, 0.1) is 11.3 Å². The molecule has 144 valence electrons. The highest BCUT2D eigenvalue weighted by Gasteiger charge is 2.55. The fourth-order valence-corrected chi connectivity index (χ4v) is 6.16. The first-order valence-electron chi connectivity index (χ1n) is 9.65. The van der Waals surface area contributed by atoms with Gasteiger partial charge in [0, 0.05) is 33.2 Å². The molecule has 0 saturated heterocycles. The van der Waals surface area contributed by atoms with Gasteiger partial charge in [-0.25, -0.2) is 4.99 Å². The van der Waals surface area contributed by atoms with E-state index in [1.54, 1.807) is 11.8 Å². The van der Waals surface area contributed by atoms with Crippen LogP contribution in [0.4, 0.5) is 0 Å². The van der Waals surface area contributed by atoms with Gasteiger partial charge in [-0.15, -0.1) is 0 Å². The van der Waals surface area contributed by atoms with E-state index in [9.17, 15) is 4.79 Å². The predicted octanol–water partition coefficient (Wildman–Crippen LogP) is 3.55.